The monoisotopic (exact) mass is 579 g/mol. The largest absolute Gasteiger partial charge is 0.493 e. The van der Waals surface area contributed by atoms with Crippen LogP contribution in [0.5, 0.6) is 5.75 Å². The summed E-state index contributed by atoms with van der Waals surface area (Å²) in [7, 11) is -3.74. The number of morpholine rings is 1. The number of aliphatic hydroxyl groups is 1. The molecule has 10 nitrogen and oxygen atoms in total. The van der Waals surface area contributed by atoms with Gasteiger partial charge in [-0.05, 0) is 56.4 Å². The van der Waals surface area contributed by atoms with Crippen LogP contribution in [-0.2, 0) is 21.2 Å². The van der Waals surface area contributed by atoms with Gasteiger partial charge in [0.05, 0.1) is 54.9 Å². The number of nitrogens with zero attached hydrogens (tertiary/aromatic N) is 5. The van der Waals surface area contributed by atoms with E-state index in [-0.39, 0.29) is 10.9 Å². The average Bonchev–Trinajstić information content (AvgIpc) is 3.42. The molecule has 0 radical (unpaired) electrons. The van der Waals surface area contributed by atoms with Crippen molar-refractivity contribution in [1.82, 2.24) is 23.8 Å². The number of ether oxygens (including phenoxy) is 2. The first kappa shape index (κ1) is 29.1. The van der Waals surface area contributed by atoms with E-state index in [0.717, 1.165) is 25.7 Å². The number of sulfonamides is 1. The van der Waals surface area contributed by atoms with Gasteiger partial charge in [0.15, 0.2) is 11.5 Å². The molecule has 0 spiro atoms. The van der Waals surface area contributed by atoms with E-state index in [1.165, 1.54) is 9.87 Å². The molecular weight excluding hydrogens is 542 g/mol. The Hall–Kier alpha value is -3.38. The molecule has 11 heteroatoms. The molecule has 0 aliphatic carbocycles. The molecule has 1 fully saturated rings. The summed E-state index contributed by atoms with van der Waals surface area (Å²) in [5.74, 6) is 0.839. The van der Waals surface area contributed by atoms with Gasteiger partial charge >= 0.3 is 0 Å². The molecule has 1 aliphatic rings. The van der Waals surface area contributed by atoms with Gasteiger partial charge in [0.1, 0.15) is 11.3 Å². The minimum Gasteiger partial charge on any atom is -0.493 e. The highest BCUT2D eigenvalue weighted by Gasteiger charge is 2.28. The van der Waals surface area contributed by atoms with Gasteiger partial charge in [-0.3, -0.25) is 0 Å². The smallest absolute Gasteiger partial charge is 0.243 e. The summed E-state index contributed by atoms with van der Waals surface area (Å²) in [6.45, 7) is 5.58. The number of aryl methyl sites for hydroxylation is 1. The van der Waals surface area contributed by atoms with Crippen molar-refractivity contribution in [2.24, 2.45) is 0 Å². The van der Waals surface area contributed by atoms with E-state index in [4.69, 9.17) is 14.5 Å². The van der Waals surface area contributed by atoms with Gasteiger partial charge in [-0.15, -0.1) is 0 Å². The predicted molar refractivity (Wildman–Crippen MR) is 156 cm³/mol. The van der Waals surface area contributed by atoms with Crippen LogP contribution >= 0.6 is 0 Å². The predicted octanol–water partition coefficient (Wildman–Crippen LogP) is 4.25. The molecule has 218 valence electrons. The van der Waals surface area contributed by atoms with Crippen molar-refractivity contribution in [1.29, 1.82) is 0 Å². The lowest BCUT2D eigenvalue weighted by atomic mass is 10.0. The maximum atomic E-state index is 13.4. The zero-order valence-electron chi connectivity index (χ0n) is 23.5. The molecule has 2 atom stereocenters. The Labute approximate surface area is 241 Å². The van der Waals surface area contributed by atoms with Crippen LogP contribution in [0.4, 0.5) is 0 Å². The van der Waals surface area contributed by atoms with Crippen molar-refractivity contribution in [2.45, 2.75) is 56.6 Å². The van der Waals surface area contributed by atoms with Crippen molar-refractivity contribution in [3.8, 4) is 17.1 Å². The van der Waals surface area contributed by atoms with E-state index in [2.05, 4.69) is 22.1 Å². The molecule has 1 N–H and O–H groups in total. The van der Waals surface area contributed by atoms with Crippen LogP contribution in [0.3, 0.4) is 0 Å². The summed E-state index contributed by atoms with van der Waals surface area (Å²) in [5.41, 5.74) is 2.91. The summed E-state index contributed by atoms with van der Waals surface area (Å²) in [6.07, 6.45) is 6.00. The molecular formula is C30H37N5O5S. The second-order valence-electron chi connectivity index (χ2n) is 10.3. The number of imidazole rings is 1. The molecule has 2 aromatic carbocycles. The zero-order valence-corrected chi connectivity index (χ0v) is 24.3. The molecule has 0 saturated carbocycles. The van der Waals surface area contributed by atoms with Gasteiger partial charge in [0.25, 0.3) is 0 Å². The number of benzene rings is 2. The maximum absolute atomic E-state index is 13.4. The first-order chi connectivity index (χ1) is 19.9. The molecule has 1 aliphatic heterocycles. The highest BCUT2D eigenvalue weighted by molar-refractivity contribution is 7.89. The van der Waals surface area contributed by atoms with E-state index in [1.807, 2.05) is 29.7 Å². The highest BCUT2D eigenvalue weighted by Crippen LogP contribution is 2.33. The van der Waals surface area contributed by atoms with E-state index < -0.39 is 16.1 Å². The lowest BCUT2D eigenvalue weighted by Crippen LogP contribution is -2.40. The van der Waals surface area contributed by atoms with Crippen LogP contribution in [0.25, 0.3) is 22.6 Å². The van der Waals surface area contributed by atoms with Gasteiger partial charge in [-0.25, -0.2) is 23.4 Å². The summed E-state index contributed by atoms with van der Waals surface area (Å²) in [4.78, 5) is 14.0. The summed E-state index contributed by atoms with van der Waals surface area (Å²) >= 11 is 0. The zero-order chi connectivity index (χ0) is 28.8. The molecule has 5 rings (SSSR count). The minimum atomic E-state index is -3.74. The van der Waals surface area contributed by atoms with Gasteiger partial charge in [0, 0.05) is 13.1 Å². The quantitative estimate of drug-likeness (QED) is 0.265. The number of aliphatic hydroxyl groups excluding tert-OH is 1. The molecule has 0 bridgehead atoms. The second-order valence-corrected chi connectivity index (χ2v) is 12.2. The molecule has 2 unspecified atom stereocenters. The molecule has 4 aromatic rings. The number of aromatic nitrogens is 4. The van der Waals surface area contributed by atoms with Crippen molar-refractivity contribution >= 4 is 21.2 Å². The third kappa shape index (κ3) is 6.59. The second kappa shape index (κ2) is 13.1. The number of hydrogen-bond donors (Lipinski definition) is 1. The molecule has 41 heavy (non-hydrogen) atoms. The van der Waals surface area contributed by atoms with Gasteiger partial charge in [-0.1, -0.05) is 37.3 Å². The Balaban J connectivity index is 1.49. The fourth-order valence-electron chi connectivity index (χ4n) is 5.09. The fraction of sp³-hybridized carbons (Fsp3) is 0.433. The van der Waals surface area contributed by atoms with E-state index >= 15 is 0 Å². The van der Waals surface area contributed by atoms with Crippen LogP contribution in [0.2, 0.25) is 0 Å². The van der Waals surface area contributed by atoms with Crippen molar-refractivity contribution in [3.63, 3.8) is 0 Å². The number of rotatable bonds is 12. The maximum Gasteiger partial charge on any atom is 0.243 e. The topological polar surface area (TPSA) is 120 Å². The molecule has 1 saturated heterocycles. The highest BCUT2D eigenvalue weighted by atomic mass is 32.2. The average molecular weight is 580 g/mol. The van der Waals surface area contributed by atoms with E-state index in [0.29, 0.717) is 61.2 Å². The standard InChI is InChI=1S/C30H37N5O5S/c1-3-16-40-28-13-12-24(41(37,38)34-14-17-39-18-15-34)19-25(28)29-31-20-26-30(33-29)35(21-32-26)27(22(2)36)11-7-10-23-8-5-4-6-9-23/h4-6,8-9,12-13,19-22,27,36H,3,7,10-11,14-18H2,1-2H3. The summed E-state index contributed by atoms with van der Waals surface area (Å²) in [6, 6.07) is 14.9. The molecule has 2 aromatic heterocycles. The van der Waals surface area contributed by atoms with Gasteiger partial charge in [-0.2, -0.15) is 4.31 Å². The third-order valence-corrected chi connectivity index (χ3v) is 9.19. The van der Waals surface area contributed by atoms with Crippen LogP contribution < -0.4 is 4.74 Å². The Bertz CT molecular complexity index is 1550. The number of hydrogen-bond acceptors (Lipinski definition) is 8. The Morgan fingerprint density at radius 2 is 1.88 bits per heavy atom. The van der Waals surface area contributed by atoms with Crippen LogP contribution in [0.1, 0.15) is 44.7 Å². The van der Waals surface area contributed by atoms with E-state index in [1.54, 1.807) is 37.6 Å². The van der Waals surface area contributed by atoms with Crippen LogP contribution in [0, 0.1) is 0 Å². The lowest BCUT2D eigenvalue weighted by Gasteiger charge is -2.26. The Morgan fingerprint density at radius 3 is 2.61 bits per heavy atom. The third-order valence-electron chi connectivity index (χ3n) is 7.30. The molecule has 0 amide bonds. The van der Waals surface area contributed by atoms with Crippen molar-refractivity contribution in [3.05, 3.63) is 66.6 Å². The van der Waals surface area contributed by atoms with Crippen LogP contribution in [-0.4, -0.2) is 76.4 Å². The minimum absolute atomic E-state index is 0.151. The number of fused-ring (bicyclic) bond motifs is 1. The fourth-order valence-corrected chi connectivity index (χ4v) is 6.52. The Kier molecular flexibility index (Phi) is 9.29. The first-order valence-corrected chi connectivity index (χ1v) is 15.6. The lowest BCUT2D eigenvalue weighted by molar-refractivity contribution is 0.0730. The first-order valence-electron chi connectivity index (χ1n) is 14.1. The van der Waals surface area contributed by atoms with Gasteiger partial charge in [0.2, 0.25) is 10.0 Å². The summed E-state index contributed by atoms with van der Waals surface area (Å²) in [5, 5.41) is 10.7. The SMILES string of the molecule is CCCOc1ccc(S(=O)(=O)N2CCOCC2)cc1-c1ncc2ncn(C(CCCc3ccccc3)C(C)O)c2n1. The molecule has 3 heterocycles. The van der Waals surface area contributed by atoms with Crippen molar-refractivity contribution < 1.29 is 23.0 Å². The van der Waals surface area contributed by atoms with Gasteiger partial charge < -0.3 is 19.1 Å². The normalized spacial score (nSPS) is 16.1. The van der Waals surface area contributed by atoms with E-state index in [9.17, 15) is 13.5 Å². The van der Waals surface area contributed by atoms with Crippen molar-refractivity contribution in [2.75, 3.05) is 32.9 Å². The van der Waals surface area contributed by atoms with Crippen LogP contribution in [0.15, 0.2) is 66.0 Å². The Morgan fingerprint density at radius 1 is 1.10 bits per heavy atom. The summed E-state index contributed by atoms with van der Waals surface area (Å²) < 4.78 is 41.5.